The average molecular weight is 338 g/mol. The molecule has 2 aromatic rings. The van der Waals surface area contributed by atoms with Crippen LogP contribution < -0.4 is 5.32 Å². The summed E-state index contributed by atoms with van der Waals surface area (Å²) in [5.41, 5.74) is 2.53. The second kappa shape index (κ2) is 5.45. The van der Waals surface area contributed by atoms with Crippen LogP contribution >= 0.6 is 0 Å². The Balaban J connectivity index is 1.63. The number of carbonyl (C=O) groups excluding carboxylic acids is 1. The molecule has 1 heterocycles. The first kappa shape index (κ1) is 16.4. The molecule has 0 saturated heterocycles. The molecule has 132 valence electrons. The number of hydrogen-bond donors (Lipinski definition) is 1. The molecule has 0 aliphatic heterocycles. The summed E-state index contributed by atoms with van der Waals surface area (Å²) in [5, 5.41) is 7.46. The number of rotatable bonds is 3. The van der Waals surface area contributed by atoms with E-state index in [1.807, 2.05) is 30.3 Å². The molecule has 2 aliphatic carbocycles. The van der Waals surface area contributed by atoms with E-state index in [9.17, 15) is 4.79 Å². The van der Waals surface area contributed by atoms with E-state index in [1.165, 1.54) is 12.8 Å². The van der Waals surface area contributed by atoms with E-state index in [1.54, 1.807) is 6.92 Å². The second-order valence-electron chi connectivity index (χ2n) is 8.46. The summed E-state index contributed by atoms with van der Waals surface area (Å²) in [6.07, 6.45) is 3.53. The average Bonchev–Trinajstić information content (AvgIpc) is 3.14. The van der Waals surface area contributed by atoms with Gasteiger partial charge in [0, 0.05) is 11.6 Å². The first-order valence-corrected chi connectivity index (χ1v) is 9.17. The number of benzene rings is 1. The van der Waals surface area contributed by atoms with Gasteiger partial charge in [-0.05, 0) is 42.9 Å². The highest BCUT2D eigenvalue weighted by Crippen LogP contribution is 2.65. The van der Waals surface area contributed by atoms with Gasteiger partial charge in [0.25, 0.3) is 5.91 Å². The third-order valence-corrected chi connectivity index (χ3v) is 7.24. The lowest BCUT2D eigenvalue weighted by atomic mass is 9.69. The molecule has 1 N–H and O–H groups in total. The lowest BCUT2D eigenvalue weighted by Crippen LogP contribution is -2.47. The van der Waals surface area contributed by atoms with E-state index in [-0.39, 0.29) is 22.8 Å². The Morgan fingerprint density at radius 1 is 1.24 bits per heavy atom. The quantitative estimate of drug-likeness (QED) is 0.890. The molecule has 0 spiro atoms. The minimum absolute atomic E-state index is 0.0628. The summed E-state index contributed by atoms with van der Waals surface area (Å²) < 4.78 is 5.35. The van der Waals surface area contributed by atoms with Gasteiger partial charge in [0.1, 0.15) is 17.0 Å². The molecule has 2 saturated carbocycles. The van der Waals surface area contributed by atoms with E-state index < -0.39 is 0 Å². The van der Waals surface area contributed by atoms with Gasteiger partial charge in [0.15, 0.2) is 0 Å². The highest BCUT2D eigenvalue weighted by Gasteiger charge is 2.61. The van der Waals surface area contributed by atoms with E-state index in [0.717, 1.165) is 12.0 Å². The third-order valence-electron chi connectivity index (χ3n) is 7.24. The van der Waals surface area contributed by atoms with Crippen molar-refractivity contribution in [2.24, 2.45) is 16.7 Å². The summed E-state index contributed by atoms with van der Waals surface area (Å²) in [4.78, 5) is 13.1. The Bertz CT molecular complexity index is 809. The monoisotopic (exact) mass is 338 g/mol. The number of nitrogens with one attached hydrogen (secondary N) is 1. The molecule has 4 heteroatoms. The zero-order chi connectivity index (χ0) is 17.8. The normalized spacial score (nSPS) is 29.8. The number of hydrogen-bond acceptors (Lipinski definition) is 3. The Labute approximate surface area is 149 Å². The van der Waals surface area contributed by atoms with Crippen molar-refractivity contribution >= 4 is 5.91 Å². The van der Waals surface area contributed by atoms with E-state index in [4.69, 9.17) is 4.52 Å². The van der Waals surface area contributed by atoms with Gasteiger partial charge in [-0.1, -0.05) is 56.3 Å². The van der Waals surface area contributed by atoms with Crippen molar-refractivity contribution in [2.45, 2.75) is 53.0 Å². The molecular formula is C21H26N2O2. The molecule has 3 atom stereocenters. The summed E-state index contributed by atoms with van der Waals surface area (Å²) in [5.74, 6) is 1.20. The molecule has 2 aliphatic rings. The van der Waals surface area contributed by atoms with Crippen molar-refractivity contribution in [1.82, 2.24) is 10.5 Å². The van der Waals surface area contributed by atoms with Crippen LogP contribution in [-0.2, 0) is 0 Å². The number of amides is 1. The fourth-order valence-corrected chi connectivity index (χ4v) is 5.09. The van der Waals surface area contributed by atoms with Crippen LogP contribution in [0.15, 0.2) is 34.9 Å². The lowest BCUT2D eigenvalue weighted by molar-refractivity contribution is 0.0825. The summed E-state index contributed by atoms with van der Waals surface area (Å²) in [7, 11) is 0. The van der Waals surface area contributed by atoms with Crippen LogP contribution in [-0.4, -0.2) is 17.1 Å². The molecule has 25 heavy (non-hydrogen) atoms. The van der Waals surface area contributed by atoms with Crippen LogP contribution in [0.1, 0.15) is 56.2 Å². The Kier molecular flexibility index (Phi) is 3.57. The number of aromatic nitrogens is 1. The Hall–Kier alpha value is -2.10. The van der Waals surface area contributed by atoms with Gasteiger partial charge in [-0.25, -0.2) is 0 Å². The molecule has 2 fully saturated rings. The molecule has 4 nitrogen and oxygen atoms in total. The Morgan fingerprint density at radius 2 is 1.96 bits per heavy atom. The third kappa shape index (κ3) is 2.26. The molecule has 1 aromatic carbocycles. The predicted molar refractivity (Wildman–Crippen MR) is 97.2 cm³/mol. The molecule has 2 bridgehead atoms. The van der Waals surface area contributed by atoms with Gasteiger partial charge < -0.3 is 9.84 Å². The van der Waals surface area contributed by atoms with Crippen LogP contribution in [0.25, 0.3) is 11.3 Å². The fraction of sp³-hybridized carbons (Fsp3) is 0.524. The van der Waals surface area contributed by atoms with Crippen LogP contribution in [0, 0.1) is 23.7 Å². The van der Waals surface area contributed by atoms with Crippen LogP contribution in [0.5, 0.6) is 0 Å². The van der Waals surface area contributed by atoms with Crippen molar-refractivity contribution in [3.63, 3.8) is 0 Å². The highest BCUT2D eigenvalue weighted by molar-refractivity contribution is 6.01. The number of aryl methyl sites for hydroxylation is 1. The minimum atomic E-state index is -0.0628. The SMILES string of the molecule is Cc1onc(-c2ccccc2)c1C(=O)N[C@H]1C[C@@H]2CC[C@@]1(C)C2(C)C. The smallest absolute Gasteiger partial charge is 0.257 e. The lowest BCUT2D eigenvalue weighted by Gasteiger charge is -2.39. The van der Waals surface area contributed by atoms with Gasteiger partial charge >= 0.3 is 0 Å². The maximum Gasteiger partial charge on any atom is 0.257 e. The minimum Gasteiger partial charge on any atom is -0.360 e. The standard InChI is InChI=1S/C21H26N2O2/c1-13-17(18(23-25-13)14-8-6-5-7-9-14)19(24)22-16-12-15-10-11-21(16,4)20(15,2)3/h5-9,15-16H,10-12H2,1-4H3,(H,22,24)/t15-,16-,21+/m0/s1. The van der Waals surface area contributed by atoms with E-state index in [0.29, 0.717) is 22.9 Å². The second-order valence-corrected chi connectivity index (χ2v) is 8.46. The maximum absolute atomic E-state index is 13.1. The van der Waals surface area contributed by atoms with Gasteiger partial charge in [-0.3, -0.25) is 4.79 Å². The predicted octanol–water partition coefficient (Wildman–Crippen LogP) is 4.59. The number of carbonyl (C=O) groups is 1. The first-order chi connectivity index (χ1) is 11.8. The molecule has 0 unspecified atom stereocenters. The van der Waals surface area contributed by atoms with Crippen LogP contribution in [0.4, 0.5) is 0 Å². The number of fused-ring (bicyclic) bond motifs is 2. The Morgan fingerprint density at radius 3 is 2.56 bits per heavy atom. The van der Waals surface area contributed by atoms with Gasteiger partial charge in [-0.15, -0.1) is 0 Å². The highest BCUT2D eigenvalue weighted by atomic mass is 16.5. The summed E-state index contributed by atoms with van der Waals surface area (Å²) in [6, 6.07) is 9.97. The van der Waals surface area contributed by atoms with Crippen molar-refractivity contribution in [1.29, 1.82) is 0 Å². The molecule has 1 aromatic heterocycles. The van der Waals surface area contributed by atoms with E-state index in [2.05, 4.69) is 31.2 Å². The zero-order valence-corrected chi connectivity index (χ0v) is 15.4. The first-order valence-electron chi connectivity index (χ1n) is 9.17. The van der Waals surface area contributed by atoms with Crippen LogP contribution in [0.2, 0.25) is 0 Å². The largest absolute Gasteiger partial charge is 0.360 e. The number of nitrogens with zero attached hydrogens (tertiary/aromatic N) is 1. The van der Waals surface area contributed by atoms with Crippen molar-refractivity contribution in [2.75, 3.05) is 0 Å². The van der Waals surface area contributed by atoms with Crippen molar-refractivity contribution in [3.05, 3.63) is 41.7 Å². The van der Waals surface area contributed by atoms with E-state index >= 15 is 0 Å². The molecule has 1 amide bonds. The van der Waals surface area contributed by atoms with Crippen molar-refractivity contribution in [3.8, 4) is 11.3 Å². The molecular weight excluding hydrogens is 312 g/mol. The summed E-state index contributed by atoms with van der Waals surface area (Å²) >= 11 is 0. The zero-order valence-electron chi connectivity index (χ0n) is 15.4. The van der Waals surface area contributed by atoms with Gasteiger partial charge in [-0.2, -0.15) is 0 Å². The van der Waals surface area contributed by atoms with Crippen molar-refractivity contribution < 1.29 is 9.32 Å². The van der Waals surface area contributed by atoms with Gasteiger partial charge in [0.05, 0.1) is 0 Å². The topological polar surface area (TPSA) is 55.1 Å². The summed E-state index contributed by atoms with van der Waals surface area (Å²) in [6.45, 7) is 8.86. The van der Waals surface area contributed by atoms with Crippen LogP contribution in [0.3, 0.4) is 0 Å². The maximum atomic E-state index is 13.1. The van der Waals surface area contributed by atoms with Gasteiger partial charge in [0.2, 0.25) is 0 Å². The molecule has 0 radical (unpaired) electrons. The fourth-order valence-electron chi connectivity index (χ4n) is 5.09. The molecule has 4 rings (SSSR count).